The Hall–Kier alpha value is -1.45. The minimum Gasteiger partial charge on any atom is -0.363 e. The highest BCUT2D eigenvalue weighted by Gasteiger charge is 2.18. The van der Waals surface area contributed by atoms with Crippen LogP contribution < -0.4 is 0 Å². The minimum atomic E-state index is 0.254. The summed E-state index contributed by atoms with van der Waals surface area (Å²) >= 11 is 1.80. The predicted octanol–water partition coefficient (Wildman–Crippen LogP) is 4.29. The first-order valence-corrected chi connectivity index (χ1v) is 7.01. The number of fused-ring (bicyclic) bond motifs is 5. The van der Waals surface area contributed by atoms with Crippen LogP contribution in [0.3, 0.4) is 0 Å². The van der Waals surface area contributed by atoms with E-state index < -0.39 is 0 Å². The van der Waals surface area contributed by atoms with Crippen LogP contribution in [0.25, 0.3) is 21.7 Å². The number of hydrogen-bond donors (Lipinski definition) is 1. The quantitative estimate of drug-likeness (QED) is 0.648. The van der Waals surface area contributed by atoms with E-state index in [1.807, 2.05) is 6.20 Å². The number of aromatic nitrogens is 1. The van der Waals surface area contributed by atoms with E-state index in [4.69, 9.17) is 4.74 Å². The van der Waals surface area contributed by atoms with E-state index in [-0.39, 0.29) is 5.44 Å². The third-order valence-corrected chi connectivity index (χ3v) is 4.65. The lowest BCUT2D eigenvalue weighted by Crippen LogP contribution is -2.10. The molecule has 2 nitrogen and oxygen atoms in total. The second-order valence-corrected chi connectivity index (χ2v) is 5.98. The van der Waals surface area contributed by atoms with Gasteiger partial charge in [-0.1, -0.05) is 30.0 Å². The molecule has 1 aromatic heterocycles. The maximum absolute atomic E-state index is 5.76. The van der Waals surface area contributed by atoms with Crippen LogP contribution in [0.2, 0.25) is 0 Å². The molecule has 1 N–H and O–H groups in total. The molecule has 1 aliphatic heterocycles. The van der Waals surface area contributed by atoms with Crippen molar-refractivity contribution < 1.29 is 4.74 Å². The monoisotopic (exact) mass is 255 g/mol. The van der Waals surface area contributed by atoms with E-state index in [9.17, 15) is 0 Å². The summed E-state index contributed by atoms with van der Waals surface area (Å²) in [6.07, 6.45) is 2.00. The average Bonchev–Trinajstić information content (AvgIpc) is 2.86. The Morgan fingerprint density at radius 3 is 3.00 bits per heavy atom. The Balaban J connectivity index is 2.08. The highest BCUT2D eigenvalue weighted by atomic mass is 32.2. The molecule has 3 heteroatoms. The summed E-state index contributed by atoms with van der Waals surface area (Å²) in [5.74, 6) is 0. The van der Waals surface area contributed by atoms with Gasteiger partial charge in [0, 0.05) is 21.9 Å². The van der Waals surface area contributed by atoms with Gasteiger partial charge in [0.25, 0.3) is 0 Å². The summed E-state index contributed by atoms with van der Waals surface area (Å²) in [6.45, 7) is 2.82. The molecule has 0 amide bonds. The molecule has 0 saturated carbocycles. The highest BCUT2D eigenvalue weighted by Crippen LogP contribution is 2.38. The fourth-order valence-corrected chi connectivity index (χ4v) is 3.60. The molecule has 0 fully saturated rings. The van der Waals surface area contributed by atoms with Gasteiger partial charge in [-0.2, -0.15) is 0 Å². The molecule has 3 aromatic rings. The van der Waals surface area contributed by atoms with Crippen molar-refractivity contribution in [1.82, 2.24) is 4.98 Å². The largest absolute Gasteiger partial charge is 0.363 e. The number of H-pyrrole nitrogens is 1. The maximum Gasteiger partial charge on any atom is 0.105 e. The van der Waals surface area contributed by atoms with Crippen molar-refractivity contribution in [3.63, 3.8) is 0 Å². The molecular formula is C15H13NOS. The lowest BCUT2D eigenvalue weighted by atomic mass is 10.0. The molecule has 90 valence electrons. The summed E-state index contributed by atoms with van der Waals surface area (Å²) in [4.78, 5) is 4.68. The molecule has 1 atom stereocenters. The minimum absolute atomic E-state index is 0.254. The van der Waals surface area contributed by atoms with Gasteiger partial charge in [-0.15, -0.1) is 0 Å². The standard InChI is InChI=1S/C15H13NOS/c1-9-17-8-13-11-3-2-10-6-7-16-15(10)12(11)4-5-14(13)18-9/h2-7,9,16H,8H2,1H3. The summed E-state index contributed by atoms with van der Waals surface area (Å²) in [5.41, 5.74) is 2.80. The van der Waals surface area contributed by atoms with Gasteiger partial charge in [0.2, 0.25) is 0 Å². The van der Waals surface area contributed by atoms with Crippen LogP contribution >= 0.6 is 11.8 Å². The fourth-order valence-electron chi connectivity index (χ4n) is 2.65. The van der Waals surface area contributed by atoms with Gasteiger partial charge < -0.3 is 9.72 Å². The second kappa shape index (κ2) is 3.77. The van der Waals surface area contributed by atoms with Crippen LogP contribution in [-0.2, 0) is 11.3 Å². The number of rotatable bonds is 0. The van der Waals surface area contributed by atoms with E-state index in [1.54, 1.807) is 11.8 Å². The smallest absolute Gasteiger partial charge is 0.105 e. The van der Waals surface area contributed by atoms with Crippen molar-refractivity contribution in [1.29, 1.82) is 0 Å². The molecule has 0 bridgehead atoms. The maximum atomic E-state index is 5.76. The third kappa shape index (κ3) is 1.41. The number of ether oxygens (including phenoxy) is 1. The fraction of sp³-hybridized carbons (Fsp3) is 0.200. The molecule has 0 aliphatic carbocycles. The Kier molecular flexibility index (Phi) is 2.19. The zero-order valence-corrected chi connectivity index (χ0v) is 10.9. The van der Waals surface area contributed by atoms with E-state index in [0.717, 1.165) is 0 Å². The van der Waals surface area contributed by atoms with Crippen LogP contribution in [0, 0.1) is 0 Å². The summed E-state index contributed by atoms with van der Waals surface area (Å²) in [6, 6.07) is 10.9. The highest BCUT2D eigenvalue weighted by molar-refractivity contribution is 7.99. The van der Waals surface area contributed by atoms with Gasteiger partial charge in [0.1, 0.15) is 5.44 Å². The van der Waals surface area contributed by atoms with Gasteiger partial charge in [-0.3, -0.25) is 0 Å². The molecule has 0 radical (unpaired) electrons. The Morgan fingerprint density at radius 2 is 2.06 bits per heavy atom. The second-order valence-electron chi connectivity index (χ2n) is 4.64. The molecule has 1 aliphatic rings. The van der Waals surface area contributed by atoms with Gasteiger partial charge in [-0.25, -0.2) is 0 Å². The topological polar surface area (TPSA) is 25.0 Å². The van der Waals surface area contributed by atoms with Crippen molar-refractivity contribution in [3.05, 3.63) is 42.1 Å². The number of nitrogens with one attached hydrogen (secondary N) is 1. The number of aromatic amines is 1. The van der Waals surface area contributed by atoms with Crippen molar-refractivity contribution in [2.45, 2.75) is 23.9 Å². The summed E-state index contributed by atoms with van der Waals surface area (Å²) in [5, 5.41) is 3.86. The van der Waals surface area contributed by atoms with Crippen LogP contribution in [-0.4, -0.2) is 10.4 Å². The lowest BCUT2D eigenvalue weighted by molar-refractivity contribution is 0.105. The first-order chi connectivity index (χ1) is 8.83. The third-order valence-electron chi connectivity index (χ3n) is 3.55. The number of thioether (sulfide) groups is 1. The van der Waals surface area contributed by atoms with E-state index in [1.165, 1.54) is 32.1 Å². The first kappa shape index (κ1) is 10.5. The normalized spacial score (nSPS) is 19.3. The Morgan fingerprint density at radius 1 is 1.17 bits per heavy atom. The molecule has 2 aromatic carbocycles. The van der Waals surface area contributed by atoms with Crippen LogP contribution in [0.5, 0.6) is 0 Å². The van der Waals surface area contributed by atoms with Gasteiger partial charge >= 0.3 is 0 Å². The van der Waals surface area contributed by atoms with Gasteiger partial charge in [-0.05, 0) is 30.0 Å². The van der Waals surface area contributed by atoms with E-state index >= 15 is 0 Å². The Bertz CT molecular complexity index is 747. The van der Waals surface area contributed by atoms with Crippen LogP contribution in [0.4, 0.5) is 0 Å². The first-order valence-electron chi connectivity index (χ1n) is 6.13. The lowest BCUT2D eigenvalue weighted by Gasteiger charge is -2.23. The SMILES string of the molecule is CC1OCc2c(ccc3c2ccc2cc[nH]c23)S1. The average molecular weight is 255 g/mol. The van der Waals surface area contributed by atoms with E-state index in [2.05, 4.69) is 42.2 Å². The molecule has 0 saturated heterocycles. The van der Waals surface area contributed by atoms with Crippen LogP contribution in [0.1, 0.15) is 12.5 Å². The predicted molar refractivity (Wildman–Crippen MR) is 75.9 cm³/mol. The van der Waals surface area contributed by atoms with E-state index in [0.29, 0.717) is 6.61 Å². The molecule has 18 heavy (non-hydrogen) atoms. The molecule has 2 heterocycles. The van der Waals surface area contributed by atoms with Crippen molar-refractivity contribution in [2.75, 3.05) is 0 Å². The van der Waals surface area contributed by atoms with Crippen LogP contribution in [0.15, 0.2) is 41.4 Å². The van der Waals surface area contributed by atoms with Crippen molar-refractivity contribution in [3.8, 4) is 0 Å². The zero-order chi connectivity index (χ0) is 12.1. The summed E-state index contributed by atoms with van der Waals surface area (Å²) < 4.78 is 5.76. The molecule has 0 spiro atoms. The zero-order valence-electron chi connectivity index (χ0n) is 10.1. The molecular weight excluding hydrogens is 242 g/mol. The van der Waals surface area contributed by atoms with Crippen molar-refractivity contribution >= 4 is 33.4 Å². The molecule has 1 unspecified atom stereocenters. The Labute approximate surface area is 109 Å². The summed E-state index contributed by atoms with van der Waals surface area (Å²) in [7, 11) is 0. The van der Waals surface area contributed by atoms with Gasteiger partial charge in [0.05, 0.1) is 12.1 Å². The number of hydrogen-bond acceptors (Lipinski definition) is 2. The van der Waals surface area contributed by atoms with Gasteiger partial charge in [0.15, 0.2) is 0 Å². The number of benzene rings is 2. The van der Waals surface area contributed by atoms with Crippen molar-refractivity contribution in [2.24, 2.45) is 0 Å². The molecule has 4 rings (SSSR count).